The SMILES string of the molecule is CC[C@H](C)[C@@H]([C@H](CC(=O)N1CCC[C@H]1[C@H](OC)[C@@H](C)C(=O)N[C@H](C)[C@H](O)c1ccccc1)OC)N(C)C(=O)[C@@H](NC(=O)[C@H]1N[C@@H]2CC[C@H]1C2)C(C)C. The molecule has 2 saturated heterocycles. The van der Waals surface area contributed by atoms with Gasteiger partial charge in [0.15, 0.2) is 0 Å². The Morgan fingerprint density at radius 1 is 1.00 bits per heavy atom. The van der Waals surface area contributed by atoms with Crippen LogP contribution in [-0.2, 0) is 28.7 Å². The number of piperidine rings is 1. The van der Waals surface area contributed by atoms with Crippen molar-refractivity contribution in [1.82, 2.24) is 25.8 Å². The zero-order valence-corrected chi connectivity index (χ0v) is 32.8. The van der Waals surface area contributed by atoms with Crippen molar-refractivity contribution in [3.05, 3.63) is 35.9 Å². The van der Waals surface area contributed by atoms with Gasteiger partial charge < -0.3 is 40.3 Å². The van der Waals surface area contributed by atoms with Crippen molar-refractivity contribution < 1.29 is 33.8 Å². The molecule has 2 heterocycles. The molecule has 0 spiro atoms. The first-order valence-electron chi connectivity index (χ1n) is 19.4. The molecule has 0 radical (unpaired) electrons. The predicted octanol–water partition coefficient (Wildman–Crippen LogP) is 3.43. The number of likely N-dealkylation sites (tertiary alicyclic amines) is 1. The van der Waals surface area contributed by atoms with Gasteiger partial charge in [0.1, 0.15) is 6.04 Å². The van der Waals surface area contributed by atoms with Crippen LogP contribution in [0, 0.1) is 23.7 Å². The Morgan fingerprint density at radius 2 is 1.69 bits per heavy atom. The minimum Gasteiger partial charge on any atom is -0.386 e. The van der Waals surface area contributed by atoms with Gasteiger partial charge >= 0.3 is 0 Å². The lowest BCUT2D eigenvalue weighted by Gasteiger charge is -2.41. The van der Waals surface area contributed by atoms with E-state index in [4.69, 9.17) is 9.47 Å². The smallest absolute Gasteiger partial charge is 0.245 e. The number of hydrogen-bond donors (Lipinski definition) is 4. The number of carbonyl (C=O) groups excluding carboxylic acids is 4. The molecule has 12 heteroatoms. The molecule has 1 saturated carbocycles. The quantitative estimate of drug-likeness (QED) is 0.180. The number of aliphatic hydroxyl groups excluding tert-OH is 1. The van der Waals surface area contributed by atoms with E-state index in [1.807, 2.05) is 44.2 Å². The van der Waals surface area contributed by atoms with Gasteiger partial charge in [-0.3, -0.25) is 19.2 Å². The molecule has 2 bridgehead atoms. The number of amides is 4. The van der Waals surface area contributed by atoms with Crippen molar-refractivity contribution in [1.29, 1.82) is 0 Å². The molecule has 12 atom stereocenters. The maximum atomic E-state index is 14.2. The Morgan fingerprint density at radius 3 is 2.25 bits per heavy atom. The number of carbonyl (C=O) groups is 4. The van der Waals surface area contributed by atoms with E-state index in [2.05, 4.69) is 29.8 Å². The number of methoxy groups -OCH3 is 2. The zero-order valence-electron chi connectivity index (χ0n) is 32.8. The van der Waals surface area contributed by atoms with Gasteiger partial charge in [0.2, 0.25) is 23.6 Å². The van der Waals surface area contributed by atoms with Crippen LogP contribution in [0.15, 0.2) is 30.3 Å². The fourth-order valence-electron chi connectivity index (χ4n) is 8.81. The molecule has 1 aromatic rings. The fraction of sp³-hybridized carbons (Fsp3) is 0.750. The molecule has 4 amide bonds. The van der Waals surface area contributed by atoms with Crippen LogP contribution in [0.2, 0.25) is 0 Å². The highest BCUT2D eigenvalue weighted by molar-refractivity contribution is 5.90. The Balaban J connectivity index is 1.44. The van der Waals surface area contributed by atoms with Gasteiger partial charge in [-0.15, -0.1) is 0 Å². The highest BCUT2D eigenvalue weighted by Crippen LogP contribution is 2.35. The molecular formula is C40H65N5O7. The monoisotopic (exact) mass is 727 g/mol. The van der Waals surface area contributed by atoms with E-state index in [-0.39, 0.29) is 54.0 Å². The van der Waals surface area contributed by atoms with E-state index in [1.165, 1.54) is 0 Å². The van der Waals surface area contributed by atoms with E-state index in [9.17, 15) is 24.3 Å². The summed E-state index contributed by atoms with van der Waals surface area (Å²) in [6.07, 6.45) is 3.34. The summed E-state index contributed by atoms with van der Waals surface area (Å²) < 4.78 is 11.9. The number of ether oxygens (including phenoxy) is 2. The molecule has 52 heavy (non-hydrogen) atoms. The van der Waals surface area contributed by atoms with Crippen LogP contribution in [0.25, 0.3) is 0 Å². The lowest BCUT2D eigenvalue weighted by molar-refractivity contribution is -0.148. The lowest BCUT2D eigenvalue weighted by Crippen LogP contribution is -2.59. The maximum absolute atomic E-state index is 14.2. The van der Waals surface area contributed by atoms with Crippen molar-refractivity contribution in [3.8, 4) is 0 Å². The van der Waals surface area contributed by atoms with E-state index in [0.29, 0.717) is 30.5 Å². The van der Waals surface area contributed by atoms with Gasteiger partial charge in [-0.2, -0.15) is 0 Å². The molecule has 292 valence electrons. The van der Waals surface area contributed by atoms with E-state index >= 15 is 0 Å². The topological polar surface area (TPSA) is 150 Å². The van der Waals surface area contributed by atoms with Gasteiger partial charge in [0.05, 0.1) is 54.8 Å². The molecule has 3 fully saturated rings. The summed E-state index contributed by atoms with van der Waals surface area (Å²) in [7, 11) is 4.89. The number of likely N-dealkylation sites (N-methyl/N-ethyl adjacent to an activating group) is 1. The molecule has 12 nitrogen and oxygen atoms in total. The van der Waals surface area contributed by atoms with Crippen LogP contribution in [-0.4, -0.2) is 115 Å². The average Bonchev–Trinajstić information content (AvgIpc) is 3.92. The number of aliphatic hydroxyl groups is 1. The van der Waals surface area contributed by atoms with Gasteiger partial charge in [0, 0.05) is 33.9 Å². The molecule has 1 aliphatic carbocycles. The van der Waals surface area contributed by atoms with Crippen molar-refractivity contribution >= 4 is 23.6 Å². The summed E-state index contributed by atoms with van der Waals surface area (Å²) >= 11 is 0. The Kier molecular flexibility index (Phi) is 15.1. The number of rotatable bonds is 18. The highest BCUT2D eigenvalue weighted by Gasteiger charge is 2.46. The normalized spacial score (nSPS) is 25.9. The summed E-state index contributed by atoms with van der Waals surface area (Å²) in [4.78, 5) is 58.7. The van der Waals surface area contributed by atoms with Gasteiger partial charge in [-0.25, -0.2) is 0 Å². The molecule has 0 aromatic heterocycles. The summed E-state index contributed by atoms with van der Waals surface area (Å²) in [6, 6.07) is 7.32. The second kappa shape index (κ2) is 18.8. The lowest BCUT2D eigenvalue weighted by atomic mass is 9.89. The number of nitrogens with one attached hydrogen (secondary N) is 3. The first kappa shape index (κ1) is 41.7. The van der Waals surface area contributed by atoms with Crippen LogP contribution in [0.4, 0.5) is 0 Å². The molecule has 4 N–H and O–H groups in total. The van der Waals surface area contributed by atoms with Crippen LogP contribution >= 0.6 is 0 Å². The van der Waals surface area contributed by atoms with E-state index in [1.54, 1.807) is 44.9 Å². The van der Waals surface area contributed by atoms with Crippen LogP contribution in [0.3, 0.4) is 0 Å². The second-order valence-electron chi connectivity index (χ2n) is 15.9. The average molecular weight is 728 g/mol. The molecule has 0 unspecified atom stereocenters. The molecular weight excluding hydrogens is 662 g/mol. The van der Waals surface area contributed by atoms with Crippen LogP contribution in [0.1, 0.15) is 98.2 Å². The number of fused-ring (bicyclic) bond motifs is 2. The van der Waals surface area contributed by atoms with Crippen LogP contribution in [0.5, 0.6) is 0 Å². The Labute approximate surface area is 311 Å². The first-order valence-corrected chi connectivity index (χ1v) is 19.4. The van der Waals surface area contributed by atoms with Crippen molar-refractivity contribution in [3.63, 3.8) is 0 Å². The number of hydrogen-bond acceptors (Lipinski definition) is 8. The fourth-order valence-corrected chi connectivity index (χ4v) is 8.81. The Bertz CT molecular complexity index is 1350. The van der Waals surface area contributed by atoms with Crippen molar-refractivity contribution in [2.45, 2.75) is 141 Å². The zero-order chi connectivity index (χ0) is 38.3. The standard InChI is InChI=1S/C40H65N5O7/c1-10-24(4)35(44(7)40(50)33(23(2)3)43-39(49)34-28-18-19-29(21-28)42-34)31(51-8)22-32(46)45-20-14-17-30(45)37(52-9)25(5)38(48)41-26(6)36(47)27-15-12-11-13-16-27/h11-13,15-16,23-26,28-31,33-37,42,47H,10,14,17-22H2,1-9H3,(H,41,48)(H,43,49)/t24-,25+,26+,28-,29+,30-,31-,33-,34-,35-,36-,37+/m0/s1. The minimum absolute atomic E-state index is 0.000454. The molecule has 4 rings (SSSR count). The van der Waals surface area contributed by atoms with Crippen molar-refractivity contribution in [2.75, 3.05) is 27.8 Å². The summed E-state index contributed by atoms with van der Waals surface area (Å²) in [6.45, 7) is 12.1. The third-order valence-corrected chi connectivity index (χ3v) is 12.1. The number of benzene rings is 1. The van der Waals surface area contributed by atoms with Gasteiger partial charge in [0.25, 0.3) is 0 Å². The number of nitrogens with zero attached hydrogens (tertiary/aromatic N) is 2. The van der Waals surface area contributed by atoms with E-state index in [0.717, 1.165) is 32.1 Å². The molecule has 1 aromatic carbocycles. The third-order valence-electron chi connectivity index (χ3n) is 12.1. The molecule has 3 aliphatic rings. The maximum Gasteiger partial charge on any atom is 0.245 e. The summed E-state index contributed by atoms with van der Waals surface area (Å²) in [5.74, 6) is -1.13. The summed E-state index contributed by atoms with van der Waals surface area (Å²) in [5.41, 5.74) is 0.715. The Hall–Kier alpha value is -3.06. The predicted molar refractivity (Wildman–Crippen MR) is 200 cm³/mol. The largest absolute Gasteiger partial charge is 0.386 e. The highest BCUT2D eigenvalue weighted by atomic mass is 16.5. The van der Waals surface area contributed by atoms with Gasteiger partial charge in [-0.05, 0) is 62.3 Å². The first-order chi connectivity index (χ1) is 24.7. The van der Waals surface area contributed by atoms with Crippen LogP contribution < -0.4 is 16.0 Å². The summed E-state index contributed by atoms with van der Waals surface area (Å²) in [5, 5.41) is 20.3. The third kappa shape index (κ3) is 9.53. The molecule has 2 aliphatic heterocycles. The minimum atomic E-state index is -0.871. The van der Waals surface area contributed by atoms with E-state index < -0.39 is 42.4 Å². The second-order valence-corrected chi connectivity index (χ2v) is 15.9. The van der Waals surface area contributed by atoms with Gasteiger partial charge in [-0.1, -0.05) is 71.4 Å². The van der Waals surface area contributed by atoms with Crippen molar-refractivity contribution in [2.24, 2.45) is 23.7 Å².